The summed E-state index contributed by atoms with van der Waals surface area (Å²) in [4.78, 5) is 0. The summed E-state index contributed by atoms with van der Waals surface area (Å²) in [5.74, 6) is 0. The molecule has 2 heteroatoms. The van der Waals surface area contributed by atoms with Crippen LogP contribution in [0.4, 0.5) is 0 Å². The van der Waals surface area contributed by atoms with Crippen LogP contribution in [0.15, 0.2) is 127 Å². The molecule has 38 heavy (non-hydrogen) atoms. The van der Waals surface area contributed by atoms with Crippen LogP contribution in [0.5, 0.6) is 0 Å². The summed E-state index contributed by atoms with van der Waals surface area (Å²) < 4.78 is 4.82. The minimum atomic E-state index is 1.10. The van der Waals surface area contributed by atoms with Gasteiger partial charge in [-0.05, 0) is 78.1 Å². The molecule has 2 heterocycles. The molecule has 5 aromatic carbocycles. The summed E-state index contributed by atoms with van der Waals surface area (Å²) >= 11 is 0. The van der Waals surface area contributed by atoms with Crippen molar-refractivity contribution in [2.45, 2.75) is 12.8 Å². The molecule has 0 saturated carbocycles. The highest BCUT2D eigenvalue weighted by Gasteiger charge is 2.18. The molecule has 1 aliphatic carbocycles. The summed E-state index contributed by atoms with van der Waals surface area (Å²) in [6.45, 7) is 0. The van der Waals surface area contributed by atoms with Gasteiger partial charge in [-0.3, -0.25) is 0 Å². The Bertz CT molecular complexity index is 1980. The zero-order valence-electron chi connectivity index (χ0n) is 21.0. The van der Waals surface area contributed by atoms with Gasteiger partial charge in [0.2, 0.25) is 0 Å². The fraction of sp³-hybridized carbons (Fsp3) is 0.0556. The molecule has 0 N–H and O–H groups in total. The van der Waals surface area contributed by atoms with Gasteiger partial charge in [0.15, 0.2) is 0 Å². The monoisotopic (exact) mass is 486 g/mol. The second-order valence-corrected chi connectivity index (χ2v) is 10.1. The van der Waals surface area contributed by atoms with E-state index in [1.165, 1.54) is 66.5 Å². The molecule has 0 radical (unpaired) electrons. The highest BCUT2D eigenvalue weighted by atomic mass is 15.0. The third kappa shape index (κ3) is 3.13. The Morgan fingerprint density at radius 1 is 0.474 bits per heavy atom. The van der Waals surface area contributed by atoms with Gasteiger partial charge < -0.3 is 9.13 Å². The van der Waals surface area contributed by atoms with Crippen molar-refractivity contribution in [1.82, 2.24) is 9.13 Å². The maximum absolute atomic E-state index is 2.43. The van der Waals surface area contributed by atoms with Gasteiger partial charge in [-0.15, -0.1) is 0 Å². The first-order valence-electron chi connectivity index (χ1n) is 13.4. The van der Waals surface area contributed by atoms with Gasteiger partial charge in [0, 0.05) is 33.2 Å². The fourth-order valence-corrected chi connectivity index (χ4v) is 6.32. The molecule has 0 bridgehead atoms. The number of hydrogen-bond acceptors (Lipinski definition) is 0. The van der Waals surface area contributed by atoms with E-state index < -0.39 is 0 Å². The van der Waals surface area contributed by atoms with Crippen LogP contribution >= 0.6 is 0 Å². The van der Waals surface area contributed by atoms with E-state index in [1.54, 1.807) is 0 Å². The van der Waals surface area contributed by atoms with Crippen LogP contribution in [0.2, 0.25) is 0 Å². The zero-order chi connectivity index (χ0) is 25.1. The summed E-state index contributed by atoms with van der Waals surface area (Å²) in [7, 11) is 0. The van der Waals surface area contributed by atoms with Gasteiger partial charge in [-0.1, -0.05) is 84.9 Å². The predicted octanol–water partition coefficient (Wildman–Crippen LogP) is 9.35. The van der Waals surface area contributed by atoms with Crippen molar-refractivity contribution in [3.05, 3.63) is 139 Å². The molecule has 0 atom stereocenters. The van der Waals surface area contributed by atoms with E-state index in [4.69, 9.17) is 0 Å². The Morgan fingerprint density at radius 2 is 1.00 bits per heavy atom. The molecule has 0 fully saturated rings. The smallest absolute Gasteiger partial charge is 0.0541 e. The van der Waals surface area contributed by atoms with Gasteiger partial charge in [0.05, 0.1) is 16.6 Å². The number of rotatable bonds is 3. The van der Waals surface area contributed by atoms with Crippen LogP contribution in [-0.2, 0) is 6.42 Å². The van der Waals surface area contributed by atoms with Gasteiger partial charge in [-0.2, -0.15) is 0 Å². The van der Waals surface area contributed by atoms with Crippen LogP contribution in [0, 0.1) is 0 Å². The standard InChI is InChI=1S/C36H26N2/c1-5-19-33-29(15-1)30-16-2-6-20-34(30)37(33)27-13-9-11-25(23-27)26-12-10-14-28(24-26)38-35-21-7-3-17-31(35)32-18-4-8-22-36(32)38/h1-3,5-17,19-24H,4,18H2. The normalized spacial score (nSPS) is 12.9. The van der Waals surface area contributed by atoms with E-state index in [0.717, 1.165) is 12.8 Å². The second kappa shape index (κ2) is 8.36. The number of aromatic nitrogens is 2. The molecule has 0 amide bonds. The average molecular weight is 487 g/mol. The number of nitrogens with zero attached hydrogens (tertiary/aromatic N) is 2. The van der Waals surface area contributed by atoms with E-state index in [1.807, 2.05) is 0 Å². The molecular weight excluding hydrogens is 460 g/mol. The van der Waals surface area contributed by atoms with Crippen molar-refractivity contribution in [3.8, 4) is 22.5 Å². The molecule has 0 spiro atoms. The topological polar surface area (TPSA) is 9.86 Å². The summed E-state index contributed by atoms with van der Waals surface area (Å²) in [5, 5.41) is 3.94. The Balaban J connectivity index is 1.30. The van der Waals surface area contributed by atoms with Crippen molar-refractivity contribution in [1.29, 1.82) is 0 Å². The first-order chi connectivity index (χ1) is 18.9. The lowest BCUT2D eigenvalue weighted by Crippen LogP contribution is -2.00. The number of hydrogen-bond donors (Lipinski definition) is 0. The summed E-state index contributed by atoms with van der Waals surface area (Å²) in [6.07, 6.45) is 6.81. The molecule has 7 aromatic rings. The lowest BCUT2D eigenvalue weighted by Gasteiger charge is -2.14. The van der Waals surface area contributed by atoms with Crippen molar-refractivity contribution in [3.63, 3.8) is 0 Å². The van der Waals surface area contributed by atoms with Crippen molar-refractivity contribution >= 4 is 38.8 Å². The quantitative estimate of drug-likeness (QED) is 0.235. The molecular formula is C36H26N2. The highest BCUT2D eigenvalue weighted by Crippen LogP contribution is 2.36. The lowest BCUT2D eigenvalue weighted by molar-refractivity contribution is 0.968. The highest BCUT2D eigenvalue weighted by molar-refractivity contribution is 6.09. The maximum Gasteiger partial charge on any atom is 0.0541 e. The lowest BCUT2D eigenvalue weighted by atomic mass is 10.0. The van der Waals surface area contributed by atoms with Crippen LogP contribution in [0.25, 0.3) is 61.3 Å². The first-order valence-corrected chi connectivity index (χ1v) is 13.4. The summed E-state index contributed by atoms with van der Waals surface area (Å²) in [6, 6.07) is 44.1. The van der Waals surface area contributed by atoms with Gasteiger partial charge >= 0.3 is 0 Å². The van der Waals surface area contributed by atoms with Gasteiger partial charge in [0.25, 0.3) is 0 Å². The number of benzene rings is 5. The SMILES string of the molecule is C1=Cc2c(c3ccccc3n2-c2cccc(-c3cccc(-n4c5ccccc5c5ccccc54)c3)c2)CC1. The first kappa shape index (κ1) is 21.3. The van der Waals surface area contributed by atoms with Crippen LogP contribution in [0.1, 0.15) is 17.7 Å². The average Bonchev–Trinajstić information content (AvgIpc) is 3.51. The molecule has 0 aliphatic heterocycles. The second-order valence-electron chi connectivity index (χ2n) is 10.1. The Labute approximate surface area is 221 Å². The third-order valence-corrected chi connectivity index (χ3v) is 7.98. The van der Waals surface area contributed by atoms with Crippen molar-refractivity contribution in [2.75, 3.05) is 0 Å². The fourth-order valence-electron chi connectivity index (χ4n) is 6.32. The van der Waals surface area contributed by atoms with E-state index in [9.17, 15) is 0 Å². The van der Waals surface area contributed by atoms with E-state index in [-0.39, 0.29) is 0 Å². The Kier molecular flexibility index (Phi) is 4.68. The number of aryl methyl sites for hydroxylation is 1. The van der Waals surface area contributed by atoms with Crippen molar-refractivity contribution in [2.24, 2.45) is 0 Å². The van der Waals surface area contributed by atoms with E-state index in [2.05, 4.69) is 143 Å². The van der Waals surface area contributed by atoms with Crippen LogP contribution in [0.3, 0.4) is 0 Å². The molecule has 8 rings (SSSR count). The minimum Gasteiger partial charge on any atom is -0.310 e. The summed E-state index contributed by atoms with van der Waals surface area (Å²) in [5.41, 5.74) is 11.3. The van der Waals surface area contributed by atoms with Gasteiger partial charge in [0.1, 0.15) is 0 Å². The molecule has 2 nitrogen and oxygen atoms in total. The molecule has 0 unspecified atom stereocenters. The Morgan fingerprint density at radius 3 is 1.63 bits per heavy atom. The van der Waals surface area contributed by atoms with Gasteiger partial charge in [-0.25, -0.2) is 0 Å². The molecule has 0 saturated heterocycles. The predicted molar refractivity (Wildman–Crippen MR) is 160 cm³/mol. The zero-order valence-corrected chi connectivity index (χ0v) is 21.0. The van der Waals surface area contributed by atoms with E-state index in [0.29, 0.717) is 0 Å². The Hall–Kier alpha value is -4.82. The number of para-hydroxylation sites is 3. The molecule has 180 valence electrons. The number of allylic oxidation sites excluding steroid dienone is 1. The van der Waals surface area contributed by atoms with E-state index >= 15 is 0 Å². The van der Waals surface area contributed by atoms with Crippen LogP contribution in [-0.4, -0.2) is 9.13 Å². The number of fused-ring (bicyclic) bond motifs is 6. The third-order valence-electron chi connectivity index (χ3n) is 7.98. The van der Waals surface area contributed by atoms with Crippen molar-refractivity contribution < 1.29 is 0 Å². The maximum atomic E-state index is 2.43. The largest absolute Gasteiger partial charge is 0.310 e. The minimum absolute atomic E-state index is 1.10. The molecule has 1 aliphatic rings. The molecule has 2 aromatic heterocycles. The van der Waals surface area contributed by atoms with Crippen LogP contribution < -0.4 is 0 Å².